The van der Waals surface area contributed by atoms with Crippen LogP contribution in [0.4, 0.5) is 13.2 Å². The Morgan fingerprint density at radius 1 is 0.976 bits per heavy atom. The third kappa shape index (κ3) is 5.01. The molecule has 0 bridgehead atoms. The van der Waals surface area contributed by atoms with Crippen molar-refractivity contribution >= 4 is 17.5 Å². The summed E-state index contributed by atoms with van der Waals surface area (Å²) < 4.78 is 57.4. The molecule has 0 saturated heterocycles. The fourth-order valence-electron chi connectivity index (χ4n) is 5.14. The number of amides is 1. The minimum absolute atomic E-state index is 0.0290. The van der Waals surface area contributed by atoms with Gasteiger partial charge in [-0.05, 0) is 74.2 Å². The smallest absolute Gasteiger partial charge is 0.254 e. The Balaban J connectivity index is 1.32. The molecule has 11 heteroatoms. The van der Waals surface area contributed by atoms with Gasteiger partial charge in [-0.1, -0.05) is 23.7 Å². The number of carbonyl (C=O) groups is 1. The van der Waals surface area contributed by atoms with Gasteiger partial charge in [0.2, 0.25) is 0 Å². The minimum Gasteiger partial charge on any atom is -0.497 e. The summed E-state index contributed by atoms with van der Waals surface area (Å²) >= 11 is 5.76. The first-order chi connectivity index (χ1) is 19.6. The summed E-state index contributed by atoms with van der Waals surface area (Å²) in [5.74, 6) is -2.09. The van der Waals surface area contributed by atoms with E-state index in [-0.39, 0.29) is 28.4 Å². The standard InChI is InChI=1S/C30H26ClF3N4O3/c1-30(2,41-26-24(33)11-18(31)12-25(26)34)29-36-35-27(38(29)19-6-7-19)22-10-17-15-37(28(39)21(17)13-23(22)32)14-16-4-8-20(40-3)9-5-16/h4-5,8-13,19H,6-7,14-15H2,1-3H3. The Hall–Kier alpha value is -4.05. The molecule has 1 fully saturated rings. The molecule has 0 unspecified atom stereocenters. The zero-order valence-electron chi connectivity index (χ0n) is 22.6. The first-order valence-corrected chi connectivity index (χ1v) is 13.5. The van der Waals surface area contributed by atoms with E-state index in [1.165, 1.54) is 6.07 Å². The van der Waals surface area contributed by atoms with E-state index >= 15 is 4.39 Å². The molecule has 1 amide bonds. The zero-order chi connectivity index (χ0) is 29.1. The summed E-state index contributed by atoms with van der Waals surface area (Å²) in [6.07, 6.45) is 1.61. The number of ether oxygens (including phenoxy) is 2. The normalized spacial score (nSPS) is 14.9. The van der Waals surface area contributed by atoms with E-state index < -0.39 is 28.8 Å². The maximum atomic E-state index is 15.6. The Kier molecular flexibility index (Phi) is 6.68. The average molecular weight is 583 g/mol. The van der Waals surface area contributed by atoms with Crippen molar-refractivity contribution in [3.8, 4) is 22.9 Å². The van der Waals surface area contributed by atoms with Gasteiger partial charge in [-0.2, -0.15) is 0 Å². The first-order valence-electron chi connectivity index (χ1n) is 13.1. The monoisotopic (exact) mass is 582 g/mol. The Bertz CT molecular complexity index is 1650. The van der Waals surface area contributed by atoms with Gasteiger partial charge >= 0.3 is 0 Å². The highest BCUT2D eigenvalue weighted by atomic mass is 35.5. The molecule has 212 valence electrons. The number of rotatable bonds is 8. The number of fused-ring (bicyclic) bond motifs is 1. The molecular weight excluding hydrogens is 557 g/mol. The summed E-state index contributed by atoms with van der Waals surface area (Å²) in [5.41, 5.74) is 0.749. The molecule has 2 aliphatic rings. The quantitative estimate of drug-likeness (QED) is 0.228. The lowest BCUT2D eigenvalue weighted by Crippen LogP contribution is -2.30. The van der Waals surface area contributed by atoms with Gasteiger partial charge in [0.25, 0.3) is 5.91 Å². The summed E-state index contributed by atoms with van der Waals surface area (Å²) in [7, 11) is 1.59. The number of nitrogens with zero attached hydrogens (tertiary/aromatic N) is 4. The predicted octanol–water partition coefficient (Wildman–Crippen LogP) is 6.83. The van der Waals surface area contributed by atoms with Crippen molar-refractivity contribution in [2.75, 3.05) is 7.11 Å². The van der Waals surface area contributed by atoms with Gasteiger partial charge in [0.15, 0.2) is 34.6 Å². The van der Waals surface area contributed by atoms with Crippen LogP contribution in [0.1, 0.15) is 60.0 Å². The number of methoxy groups -OCH3 is 1. The number of benzene rings is 3. The van der Waals surface area contributed by atoms with E-state index in [9.17, 15) is 13.6 Å². The lowest BCUT2D eigenvalue weighted by molar-refractivity contribution is 0.0766. The maximum Gasteiger partial charge on any atom is 0.254 e. The topological polar surface area (TPSA) is 69.5 Å². The van der Waals surface area contributed by atoms with Crippen LogP contribution in [0.3, 0.4) is 0 Å². The van der Waals surface area contributed by atoms with Gasteiger partial charge in [-0.15, -0.1) is 10.2 Å². The van der Waals surface area contributed by atoms with Gasteiger partial charge < -0.3 is 18.9 Å². The van der Waals surface area contributed by atoms with Crippen LogP contribution >= 0.6 is 11.6 Å². The third-order valence-corrected chi connectivity index (χ3v) is 7.53. The number of halogens is 4. The highest BCUT2D eigenvalue weighted by molar-refractivity contribution is 6.30. The number of carbonyl (C=O) groups excluding carboxylic acids is 1. The van der Waals surface area contributed by atoms with Crippen molar-refractivity contribution in [2.45, 2.75) is 51.4 Å². The van der Waals surface area contributed by atoms with Crippen molar-refractivity contribution in [3.05, 3.63) is 93.5 Å². The highest BCUT2D eigenvalue weighted by Crippen LogP contribution is 2.43. The Labute approximate surface area is 239 Å². The highest BCUT2D eigenvalue weighted by Gasteiger charge is 2.39. The zero-order valence-corrected chi connectivity index (χ0v) is 23.3. The molecule has 4 aromatic rings. The van der Waals surface area contributed by atoms with E-state index in [2.05, 4.69) is 10.2 Å². The molecule has 1 aliphatic heterocycles. The van der Waals surface area contributed by atoms with Crippen LogP contribution in [-0.4, -0.2) is 32.7 Å². The molecule has 3 aromatic carbocycles. The van der Waals surface area contributed by atoms with Crippen molar-refractivity contribution in [2.24, 2.45) is 0 Å². The van der Waals surface area contributed by atoms with E-state index in [0.29, 0.717) is 35.8 Å². The summed E-state index contributed by atoms with van der Waals surface area (Å²) in [6, 6.07) is 12.2. The van der Waals surface area contributed by atoms with E-state index in [4.69, 9.17) is 21.1 Å². The second-order valence-electron chi connectivity index (χ2n) is 10.8. The molecular formula is C30H26ClF3N4O3. The Morgan fingerprint density at radius 2 is 1.66 bits per heavy atom. The summed E-state index contributed by atoms with van der Waals surface area (Å²) in [6.45, 7) is 3.89. The van der Waals surface area contributed by atoms with Crippen LogP contribution in [-0.2, 0) is 18.7 Å². The second kappa shape index (κ2) is 10.1. The van der Waals surface area contributed by atoms with Crippen LogP contribution in [0, 0.1) is 17.5 Å². The number of aromatic nitrogens is 3. The third-order valence-electron chi connectivity index (χ3n) is 7.31. The van der Waals surface area contributed by atoms with Gasteiger partial charge in [0, 0.05) is 29.7 Å². The number of hydrogen-bond donors (Lipinski definition) is 0. The molecule has 0 N–H and O–H groups in total. The van der Waals surface area contributed by atoms with Gasteiger partial charge in [-0.25, -0.2) is 13.2 Å². The lowest BCUT2D eigenvalue weighted by Gasteiger charge is -2.27. The van der Waals surface area contributed by atoms with Crippen molar-refractivity contribution in [3.63, 3.8) is 0 Å². The molecule has 0 atom stereocenters. The minimum atomic E-state index is -1.33. The largest absolute Gasteiger partial charge is 0.497 e. The molecule has 6 rings (SSSR count). The number of hydrogen-bond acceptors (Lipinski definition) is 5. The summed E-state index contributed by atoms with van der Waals surface area (Å²) in [5, 5.41) is 8.50. The van der Waals surface area contributed by atoms with Crippen LogP contribution in [0.25, 0.3) is 11.4 Å². The fraction of sp³-hybridized carbons (Fsp3) is 0.300. The fourth-order valence-corrected chi connectivity index (χ4v) is 5.33. The van der Waals surface area contributed by atoms with Crippen molar-refractivity contribution in [1.82, 2.24) is 19.7 Å². The lowest BCUT2D eigenvalue weighted by atomic mass is 10.0. The Morgan fingerprint density at radius 3 is 2.29 bits per heavy atom. The van der Waals surface area contributed by atoms with Crippen molar-refractivity contribution in [1.29, 1.82) is 0 Å². The van der Waals surface area contributed by atoms with Crippen LogP contribution < -0.4 is 9.47 Å². The van der Waals surface area contributed by atoms with Gasteiger partial charge in [-0.3, -0.25) is 4.79 Å². The summed E-state index contributed by atoms with van der Waals surface area (Å²) in [4.78, 5) is 14.8. The maximum absolute atomic E-state index is 15.6. The SMILES string of the molecule is COc1ccc(CN2Cc3cc(-c4nnc(C(C)(C)Oc5c(F)cc(Cl)cc5F)n4C4CC4)c(F)cc3C2=O)cc1. The van der Waals surface area contributed by atoms with Crippen LogP contribution in [0.5, 0.6) is 11.5 Å². The molecule has 41 heavy (non-hydrogen) atoms. The molecule has 1 saturated carbocycles. The molecule has 1 aliphatic carbocycles. The second-order valence-corrected chi connectivity index (χ2v) is 11.2. The van der Waals surface area contributed by atoms with Crippen LogP contribution in [0.15, 0.2) is 48.5 Å². The van der Waals surface area contributed by atoms with E-state index in [0.717, 1.165) is 30.5 Å². The van der Waals surface area contributed by atoms with Gasteiger partial charge in [0.1, 0.15) is 11.6 Å². The predicted molar refractivity (Wildman–Crippen MR) is 145 cm³/mol. The van der Waals surface area contributed by atoms with E-state index in [1.54, 1.807) is 36.5 Å². The molecule has 0 spiro atoms. The molecule has 2 heterocycles. The molecule has 0 radical (unpaired) electrons. The van der Waals surface area contributed by atoms with Crippen molar-refractivity contribution < 1.29 is 27.4 Å². The van der Waals surface area contributed by atoms with Crippen LogP contribution in [0.2, 0.25) is 5.02 Å². The first kappa shape index (κ1) is 27.1. The molecule has 7 nitrogen and oxygen atoms in total. The average Bonchev–Trinajstić information content (AvgIpc) is 3.60. The molecule has 1 aromatic heterocycles. The van der Waals surface area contributed by atoms with E-state index in [1.807, 2.05) is 24.3 Å². The van der Waals surface area contributed by atoms with Gasteiger partial charge in [0.05, 0.1) is 12.7 Å².